The first-order chi connectivity index (χ1) is 9.67. The summed E-state index contributed by atoms with van der Waals surface area (Å²) in [7, 11) is 0. The molecular formula is C14H18BrNO4S. The molecule has 0 saturated heterocycles. The van der Waals surface area contributed by atoms with Crippen LogP contribution < -0.4 is 5.32 Å². The van der Waals surface area contributed by atoms with E-state index in [0.717, 1.165) is 21.3 Å². The Balaban J connectivity index is 2.07. The zero-order valence-electron chi connectivity index (χ0n) is 12.2. The summed E-state index contributed by atoms with van der Waals surface area (Å²) >= 11 is 4.67. The Labute approximate surface area is 135 Å². The Morgan fingerprint density at radius 2 is 2.05 bits per heavy atom. The number of hydrogen-bond acceptors (Lipinski definition) is 4. The largest absolute Gasteiger partial charge is 0.477 e. The first-order valence-electron chi connectivity index (χ1n) is 6.70. The fourth-order valence-corrected chi connectivity index (χ4v) is 4.21. The number of thiophene rings is 1. The number of rotatable bonds is 2. The predicted molar refractivity (Wildman–Crippen MR) is 84.2 cm³/mol. The van der Waals surface area contributed by atoms with Crippen LogP contribution in [-0.4, -0.2) is 28.8 Å². The van der Waals surface area contributed by atoms with Crippen molar-refractivity contribution in [3.05, 3.63) is 19.8 Å². The van der Waals surface area contributed by atoms with Crippen LogP contribution >= 0.6 is 27.3 Å². The molecule has 1 aliphatic carbocycles. The SMILES string of the molecule is CC(C)(C)OC(=O)NC1CCc2c(C(=O)O)sc(Br)c2C1. The van der Waals surface area contributed by atoms with Crippen molar-refractivity contribution in [1.29, 1.82) is 0 Å². The summed E-state index contributed by atoms with van der Waals surface area (Å²) in [6, 6.07) is -0.0279. The second-order valence-corrected chi connectivity index (χ2v) is 8.39. The van der Waals surface area contributed by atoms with Crippen LogP contribution in [0.3, 0.4) is 0 Å². The number of aromatic carboxylic acids is 1. The van der Waals surface area contributed by atoms with E-state index >= 15 is 0 Å². The van der Waals surface area contributed by atoms with Crippen LogP contribution in [0.4, 0.5) is 4.79 Å². The minimum absolute atomic E-state index is 0.0279. The standard InChI is InChI=1S/C14H18BrNO4S/c1-14(2,3)20-13(19)16-7-4-5-8-9(6-7)11(15)21-10(8)12(17)18/h7H,4-6H2,1-3H3,(H,16,19)(H,17,18). The molecule has 0 spiro atoms. The van der Waals surface area contributed by atoms with Crippen LogP contribution in [0, 0.1) is 0 Å². The van der Waals surface area contributed by atoms with Crippen LogP contribution in [0.15, 0.2) is 3.79 Å². The van der Waals surface area contributed by atoms with Crippen molar-refractivity contribution in [1.82, 2.24) is 5.32 Å². The van der Waals surface area contributed by atoms with Crippen molar-refractivity contribution in [2.24, 2.45) is 0 Å². The van der Waals surface area contributed by atoms with Crippen molar-refractivity contribution in [2.45, 2.75) is 51.7 Å². The molecule has 1 heterocycles. The number of amides is 1. The molecule has 1 unspecified atom stereocenters. The van der Waals surface area contributed by atoms with Gasteiger partial charge in [0, 0.05) is 6.04 Å². The van der Waals surface area contributed by atoms with Crippen LogP contribution in [-0.2, 0) is 17.6 Å². The predicted octanol–water partition coefficient (Wildman–Crippen LogP) is 3.59. The van der Waals surface area contributed by atoms with Crippen LogP contribution in [0.2, 0.25) is 0 Å². The summed E-state index contributed by atoms with van der Waals surface area (Å²) in [5, 5.41) is 12.1. The summed E-state index contributed by atoms with van der Waals surface area (Å²) in [5.74, 6) is -0.888. The van der Waals surface area contributed by atoms with Crippen LogP contribution in [0.25, 0.3) is 0 Å². The molecule has 116 valence electrons. The highest BCUT2D eigenvalue weighted by molar-refractivity contribution is 9.11. The van der Waals surface area contributed by atoms with Crippen LogP contribution in [0.1, 0.15) is 48.0 Å². The second-order valence-electron chi connectivity index (χ2n) is 6.05. The van der Waals surface area contributed by atoms with Gasteiger partial charge in [-0.3, -0.25) is 0 Å². The number of carbonyl (C=O) groups is 2. The van der Waals surface area contributed by atoms with Gasteiger partial charge in [-0.15, -0.1) is 11.3 Å². The number of ether oxygens (including phenoxy) is 1. The quantitative estimate of drug-likeness (QED) is 0.827. The van der Waals surface area contributed by atoms with Gasteiger partial charge in [0.05, 0.1) is 3.79 Å². The topological polar surface area (TPSA) is 75.6 Å². The lowest BCUT2D eigenvalue weighted by atomic mass is 9.90. The molecule has 0 bridgehead atoms. The van der Waals surface area contributed by atoms with E-state index < -0.39 is 17.7 Å². The molecule has 0 fully saturated rings. The molecule has 1 aromatic rings. The smallest absolute Gasteiger partial charge is 0.407 e. The number of halogens is 1. The third kappa shape index (κ3) is 3.97. The second kappa shape index (κ2) is 5.96. The Bertz CT molecular complexity index is 576. The maximum Gasteiger partial charge on any atom is 0.407 e. The molecule has 2 N–H and O–H groups in total. The Morgan fingerprint density at radius 1 is 1.38 bits per heavy atom. The van der Waals surface area contributed by atoms with Gasteiger partial charge in [-0.25, -0.2) is 9.59 Å². The lowest BCUT2D eigenvalue weighted by molar-refractivity contribution is 0.0499. The lowest BCUT2D eigenvalue weighted by Crippen LogP contribution is -2.41. The van der Waals surface area contributed by atoms with Crippen molar-refractivity contribution in [3.63, 3.8) is 0 Å². The van der Waals surface area contributed by atoms with Crippen molar-refractivity contribution >= 4 is 39.3 Å². The molecule has 0 saturated carbocycles. The van der Waals surface area contributed by atoms with Gasteiger partial charge < -0.3 is 15.2 Å². The van der Waals surface area contributed by atoms with Crippen LogP contribution in [0.5, 0.6) is 0 Å². The van der Waals surface area contributed by atoms with E-state index in [9.17, 15) is 14.7 Å². The Kier molecular flexibility index (Phi) is 4.63. The molecule has 0 aliphatic heterocycles. The molecular weight excluding hydrogens is 358 g/mol. The van der Waals surface area contributed by atoms with Gasteiger partial charge in [0.1, 0.15) is 10.5 Å². The van der Waals surface area contributed by atoms with Crippen molar-refractivity contribution in [2.75, 3.05) is 0 Å². The molecule has 0 radical (unpaired) electrons. The fourth-order valence-electron chi connectivity index (χ4n) is 2.37. The summed E-state index contributed by atoms with van der Waals surface area (Å²) in [5.41, 5.74) is 1.36. The van der Waals surface area contributed by atoms with E-state index in [-0.39, 0.29) is 6.04 Å². The molecule has 1 aromatic heterocycles. The average molecular weight is 376 g/mol. The molecule has 1 aliphatic rings. The van der Waals surface area contributed by atoms with E-state index in [1.54, 1.807) is 0 Å². The summed E-state index contributed by atoms with van der Waals surface area (Å²) in [6.45, 7) is 5.46. The number of carboxylic acid groups (broad SMARTS) is 1. The molecule has 5 nitrogen and oxygen atoms in total. The zero-order valence-corrected chi connectivity index (χ0v) is 14.6. The van der Waals surface area contributed by atoms with Gasteiger partial charge in [-0.2, -0.15) is 0 Å². The Hall–Kier alpha value is -1.08. The Morgan fingerprint density at radius 3 is 2.62 bits per heavy atom. The molecule has 21 heavy (non-hydrogen) atoms. The first kappa shape index (κ1) is 16.3. The number of carboxylic acids is 1. The number of nitrogens with one attached hydrogen (secondary N) is 1. The molecule has 0 aromatic carbocycles. The van der Waals surface area contributed by atoms with Gasteiger partial charge in [0.25, 0.3) is 0 Å². The van der Waals surface area contributed by atoms with Gasteiger partial charge in [-0.1, -0.05) is 0 Å². The maximum atomic E-state index is 11.8. The highest BCUT2D eigenvalue weighted by Crippen LogP contribution is 2.38. The van der Waals surface area contributed by atoms with E-state index in [1.807, 2.05) is 20.8 Å². The average Bonchev–Trinajstić information content (AvgIpc) is 2.64. The zero-order chi connectivity index (χ0) is 15.8. The number of carbonyl (C=O) groups excluding carboxylic acids is 1. The van der Waals surface area contributed by atoms with E-state index in [0.29, 0.717) is 17.7 Å². The van der Waals surface area contributed by atoms with E-state index in [2.05, 4.69) is 21.2 Å². The fraction of sp³-hybridized carbons (Fsp3) is 0.571. The maximum absolute atomic E-state index is 11.8. The highest BCUT2D eigenvalue weighted by Gasteiger charge is 2.29. The summed E-state index contributed by atoms with van der Waals surface area (Å²) in [4.78, 5) is 23.4. The molecule has 1 atom stereocenters. The number of hydrogen-bond donors (Lipinski definition) is 2. The summed E-state index contributed by atoms with van der Waals surface area (Å²) < 4.78 is 6.09. The highest BCUT2D eigenvalue weighted by atomic mass is 79.9. The van der Waals surface area contributed by atoms with Crippen molar-refractivity contribution < 1.29 is 19.4 Å². The van der Waals surface area contributed by atoms with Gasteiger partial charge in [0.2, 0.25) is 0 Å². The third-order valence-electron chi connectivity index (χ3n) is 3.18. The first-order valence-corrected chi connectivity index (χ1v) is 8.31. The molecule has 2 rings (SSSR count). The van der Waals surface area contributed by atoms with Gasteiger partial charge in [0.15, 0.2) is 0 Å². The van der Waals surface area contributed by atoms with E-state index in [1.165, 1.54) is 11.3 Å². The normalized spacial score (nSPS) is 18.0. The lowest BCUT2D eigenvalue weighted by Gasteiger charge is -2.26. The van der Waals surface area contributed by atoms with E-state index in [4.69, 9.17) is 4.74 Å². The number of alkyl carbamates (subject to hydrolysis) is 1. The molecule has 1 amide bonds. The van der Waals surface area contributed by atoms with Gasteiger partial charge >= 0.3 is 12.1 Å². The third-order valence-corrected chi connectivity index (χ3v) is 5.19. The summed E-state index contributed by atoms with van der Waals surface area (Å²) in [6.07, 6.45) is 1.56. The molecule has 7 heteroatoms. The van der Waals surface area contributed by atoms with Crippen molar-refractivity contribution in [3.8, 4) is 0 Å². The van der Waals surface area contributed by atoms with Gasteiger partial charge in [-0.05, 0) is 67.1 Å². The number of fused-ring (bicyclic) bond motifs is 1. The monoisotopic (exact) mass is 375 g/mol. The minimum atomic E-state index is -0.888. The minimum Gasteiger partial charge on any atom is -0.477 e.